The Morgan fingerprint density at radius 3 is 2.40 bits per heavy atom. The molecule has 1 unspecified atom stereocenters. The van der Waals surface area contributed by atoms with Crippen LogP contribution in [0, 0.1) is 0 Å². The van der Waals surface area contributed by atoms with Crippen LogP contribution >= 0.6 is 23.2 Å². The molecule has 1 heterocycles. The Morgan fingerprint density at radius 2 is 1.70 bits per heavy atom. The zero-order valence-corrected chi connectivity index (χ0v) is 17.7. The number of likely N-dealkylation sites (tertiary alicyclic amines) is 1. The number of carbonyl (C=O) groups excluding carboxylic acids is 2. The minimum atomic E-state index is -0.730. The first-order chi connectivity index (χ1) is 14.4. The summed E-state index contributed by atoms with van der Waals surface area (Å²) in [7, 11) is 0. The fraction of sp³-hybridized carbons (Fsp3) is 0.167. The van der Waals surface area contributed by atoms with Gasteiger partial charge in [-0.2, -0.15) is 0 Å². The lowest BCUT2D eigenvalue weighted by Gasteiger charge is -2.25. The van der Waals surface area contributed by atoms with Crippen molar-refractivity contribution in [1.29, 1.82) is 0 Å². The number of carbonyl (C=O) groups is 2. The standard InChI is InChI=1S/C24H19Cl2NO3/c1-2-11-27-21(16-9-10-18(25)19(26)13-16)20(23(29)24(27)30)22(28)17-8-7-14-5-3-4-6-15(14)12-17/h3-10,12-13,21,28H,2,11H2,1H3/b22-20-. The molecule has 1 aliphatic heterocycles. The van der Waals surface area contributed by atoms with Crippen LogP contribution in [0.5, 0.6) is 0 Å². The van der Waals surface area contributed by atoms with E-state index in [1.54, 1.807) is 24.3 Å². The molecule has 1 fully saturated rings. The second kappa shape index (κ2) is 8.13. The second-order valence-corrected chi connectivity index (χ2v) is 8.04. The Kier molecular flexibility index (Phi) is 5.54. The molecule has 0 aliphatic carbocycles. The lowest BCUT2D eigenvalue weighted by Crippen LogP contribution is -2.30. The van der Waals surface area contributed by atoms with Gasteiger partial charge in [-0.25, -0.2) is 0 Å². The molecule has 1 saturated heterocycles. The summed E-state index contributed by atoms with van der Waals surface area (Å²) < 4.78 is 0. The van der Waals surface area contributed by atoms with Gasteiger partial charge in [-0.15, -0.1) is 0 Å². The van der Waals surface area contributed by atoms with Crippen LogP contribution in [-0.4, -0.2) is 28.2 Å². The second-order valence-electron chi connectivity index (χ2n) is 7.23. The highest BCUT2D eigenvalue weighted by molar-refractivity contribution is 6.47. The Hall–Kier alpha value is -2.82. The van der Waals surface area contributed by atoms with Gasteiger partial charge in [0.05, 0.1) is 21.7 Å². The van der Waals surface area contributed by atoms with Crippen molar-refractivity contribution in [2.45, 2.75) is 19.4 Å². The third kappa shape index (κ3) is 3.47. The van der Waals surface area contributed by atoms with E-state index >= 15 is 0 Å². The van der Waals surface area contributed by atoms with Gasteiger partial charge in [-0.1, -0.05) is 72.6 Å². The Morgan fingerprint density at radius 1 is 0.967 bits per heavy atom. The first-order valence-corrected chi connectivity index (χ1v) is 10.4. The van der Waals surface area contributed by atoms with E-state index in [0.717, 1.165) is 10.8 Å². The number of benzene rings is 3. The van der Waals surface area contributed by atoms with E-state index in [0.29, 0.717) is 34.1 Å². The van der Waals surface area contributed by atoms with Crippen molar-refractivity contribution < 1.29 is 14.7 Å². The van der Waals surface area contributed by atoms with Gasteiger partial charge in [0, 0.05) is 12.1 Å². The van der Waals surface area contributed by atoms with Gasteiger partial charge in [0.1, 0.15) is 5.76 Å². The molecular formula is C24H19Cl2NO3. The van der Waals surface area contributed by atoms with Crippen LogP contribution in [0.1, 0.15) is 30.5 Å². The average Bonchev–Trinajstić information content (AvgIpc) is 3.00. The van der Waals surface area contributed by atoms with Crippen LogP contribution in [0.25, 0.3) is 16.5 Å². The van der Waals surface area contributed by atoms with Crippen LogP contribution in [0.2, 0.25) is 10.0 Å². The van der Waals surface area contributed by atoms with E-state index in [1.165, 1.54) is 4.90 Å². The number of Topliss-reactive ketones (excluding diaryl/α,β-unsaturated/α-hetero) is 1. The number of hydrogen-bond acceptors (Lipinski definition) is 3. The van der Waals surface area contributed by atoms with Gasteiger partial charge in [-0.3, -0.25) is 9.59 Å². The summed E-state index contributed by atoms with van der Waals surface area (Å²) in [6.45, 7) is 2.30. The topological polar surface area (TPSA) is 57.6 Å². The van der Waals surface area contributed by atoms with E-state index in [4.69, 9.17) is 23.2 Å². The average molecular weight is 440 g/mol. The zero-order valence-electron chi connectivity index (χ0n) is 16.2. The van der Waals surface area contributed by atoms with E-state index in [-0.39, 0.29) is 11.3 Å². The third-order valence-electron chi connectivity index (χ3n) is 5.29. The number of halogens is 2. The van der Waals surface area contributed by atoms with Gasteiger partial charge in [0.25, 0.3) is 11.7 Å². The molecule has 30 heavy (non-hydrogen) atoms. The number of fused-ring (bicyclic) bond motifs is 1. The van der Waals surface area contributed by atoms with Crippen molar-refractivity contribution in [3.8, 4) is 0 Å². The maximum absolute atomic E-state index is 12.9. The molecule has 3 aromatic carbocycles. The number of rotatable bonds is 4. The number of aliphatic hydroxyl groups excluding tert-OH is 1. The zero-order chi connectivity index (χ0) is 21.4. The van der Waals surface area contributed by atoms with Crippen molar-refractivity contribution in [2.24, 2.45) is 0 Å². The summed E-state index contributed by atoms with van der Waals surface area (Å²) in [5.41, 5.74) is 1.16. The number of hydrogen-bond donors (Lipinski definition) is 1. The molecule has 4 nitrogen and oxygen atoms in total. The van der Waals surface area contributed by atoms with Crippen molar-refractivity contribution in [1.82, 2.24) is 4.90 Å². The normalized spacial score (nSPS) is 18.4. The molecule has 4 rings (SSSR count). The van der Waals surface area contributed by atoms with E-state index < -0.39 is 17.7 Å². The molecule has 0 radical (unpaired) electrons. The largest absolute Gasteiger partial charge is 0.507 e. The molecule has 0 bridgehead atoms. The van der Waals surface area contributed by atoms with Crippen molar-refractivity contribution >= 4 is 51.4 Å². The first-order valence-electron chi connectivity index (χ1n) is 9.65. The molecule has 3 aromatic rings. The predicted octanol–water partition coefficient (Wildman–Crippen LogP) is 5.98. The van der Waals surface area contributed by atoms with Crippen molar-refractivity contribution in [3.63, 3.8) is 0 Å². The minimum Gasteiger partial charge on any atom is -0.507 e. The summed E-state index contributed by atoms with van der Waals surface area (Å²) in [5, 5.41) is 13.8. The molecule has 1 atom stereocenters. The molecule has 0 spiro atoms. The van der Waals surface area contributed by atoms with Crippen LogP contribution in [-0.2, 0) is 9.59 Å². The van der Waals surface area contributed by atoms with Gasteiger partial charge >= 0.3 is 0 Å². The minimum absolute atomic E-state index is 0.0575. The SMILES string of the molecule is CCCN1C(=O)C(=O)/C(=C(\O)c2ccc3ccccc3c2)C1c1ccc(Cl)c(Cl)c1. The molecule has 152 valence electrons. The van der Waals surface area contributed by atoms with E-state index in [2.05, 4.69) is 0 Å². The smallest absolute Gasteiger partial charge is 0.295 e. The van der Waals surface area contributed by atoms with E-state index in [9.17, 15) is 14.7 Å². The first kappa shape index (κ1) is 20.5. The summed E-state index contributed by atoms with van der Waals surface area (Å²) in [6, 6.07) is 17.4. The highest BCUT2D eigenvalue weighted by Crippen LogP contribution is 2.41. The molecule has 6 heteroatoms. The highest BCUT2D eigenvalue weighted by atomic mass is 35.5. The van der Waals surface area contributed by atoms with Crippen LogP contribution in [0.15, 0.2) is 66.2 Å². The highest BCUT2D eigenvalue weighted by Gasteiger charge is 2.45. The third-order valence-corrected chi connectivity index (χ3v) is 6.03. The van der Waals surface area contributed by atoms with Gasteiger partial charge in [0.2, 0.25) is 0 Å². The quantitative estimate of drug-likeness (QED) is 0.309. The summed E-state index contributed by atoms with van der Waals surface area (Å²) >= 11 is 12.3. The van der Waals surface area contributed by atoms with E-state index in [1.807, 2.05) is 43.3 Å². The number of aliphatic hydroxyl groups is 1. The fourth-order valence-electron chi connectivity index (χ4n) is 3.87. The van der Waals surface area contributed by atoms with Gasteiger partial charge in [0.15, 0.2) is 0 Å². The molecular weight excluding hydrogens is 421 g/mol. The lowest BCUT2D eigenvalue weighted by atomic mass is 9.94. The molecule has 1 amide bonds. The summed E-state index contributed by atoms with van der Waals surface area (Å²) in [4.78, 5) is 27.2. The van der Waals surface area contributed by atoms with Crippen molar-refractivity contribution in [2.75, 3.05) is 6.54 Å². The molecule has 1 N–H and O–H groups in total. The number of nitrogens with zero attached hydrogens (tertiary/aromatic N) is 1. The number of ketones is 1. The lowest BCUT2D eigenvalue weighted by molar-refractivity contribution is -0.139. The van der Waals surface area contributed by atoms with Gasteiger partial charge < -0.3 is 10.0 Å². The predicted molar refractivity (Wildman–Crippen MR) is 120 cm³/mol. The van der Waals surface area contributed by atoms with Crippen LogP contribution < -0.4 is 0 Å². The monoisotopic (exact) mass is 439 g/mol. The summed E-state index contributed by atoms with van der Waals surface area (Å²) in [6.07, 6.45) is 0.668. The molecule has 0 saturated carbocycles. The maximum Gasteiger partial charge on any atom is 0.295 e. The van der Waals surface area contributed by atoms with Crippen LogP contribution in [0.3, 0.4) is 0 Å². The molecule has 0 aromatic heterocycles. The fourth-order valence-corrected chi connectivity index (χ4v) is 4.18. The van der Waals surface area contributed by atoms with Crippen LogP contribution in [0.4, 0.5) is 0 Å². The Labute approximate surface area is 184 Å². The maximum atomic E-state index is 12.9. The van der Waals surface area contributed by atoms with Crippen molar-refractivity contribution in [3.05, 3.63) is 87.4 Å². The number of amides is 1. The molecule has 1 aliphatic rings. The Bertz CT molecular complexity index is 1200. The van der Waals surface area contributed by atoms with Gasteiger partial charge in [-0.05, 0) is 41.0 Å². The summed E-state index contributed by atoms with van der Waals surface area (Å²) in [5.74, 6) is -1.53. The Balaban J connectivity index is 1.91.